The molecule has 0 saturated carbocycles. The summed E-state index contributed by atoms with van der Waals surface area (Å²) in [5.41, 5.74) is 0.829. The van der Waals surface area contributed by atoms with Gasteiger partial charge >= 0.3 is 6.03 Å². The highest BCUT2D eigenvalue weighted by molar-refractivity contribution is 5.93. The first-order valence-corrected chi connectivity index (χ1v) is 11.3. The van der Waals surface area contributed by atoms with Gasteiger partial charge in [-0.3, -0.25) is 14.6 Å². The molecule has 0 aromatic heterocycles. The second-order valence-corrected chi connectivity index (χ2v) is 7.78. The van der Waals surface area contributed by atoms with Gasteiger partial charge in [-0.2, -0.15) is 0 Å². The maximum Gasteiger partial charge on any atom is 0.329 e. The minimum absolute atomic E-state index is 0.0127. The molecule has 9 heteroatoms. The number of hydrogen-bond acceptors (Lipinski definition) is 7. The van der Waals surface area contributed by atoms with Crippen molar-refractivity contribution in [3.8, 4) is 5.75 Å². The van der Waals surface area contributed by atoms with Crippen LogP contribution in [0.4, 0.5) is 4.79 Å². The number of ether oxygens (including phenoxy) is 4. The molecular weight excluding hydrogens is 426 g/mol. The zero-order valence-corrected chi connectivity index (χ0v) is 20.3. The average Bonchev–Trinajstić information content (AvgIpc) is 2.84. The predicted octanol–water partition coefficient (Wildman–Crippen LogP) is 3.28. The molecule has 1 aromatic rings. The fourth-order valence-corrected chi connectivity index (χ4v) is 3.60. The fraction of sp³-hybridized carbons (Fsp3) is 0.583. The number of amides is 3. The number of hydrogen-bond donors (Lipinski definition) is 1. The van der Waals surface area contributed by atoms with E-state index in [1.54, 1.807) is 20.4 Å². The molecule has 1 N–H and O–H groups in total. The Morgan fingerprint density at radius 2 is 1.97 bits per heavy atom. The highest BCUT2D eigenvalue weighted by Crippen LogP contribution is 2.32. The third-order valence-electron chi connectivity index (χ3n) is 5.55. The van der Waals surface area contributed by atoms with Crippen molar-refractivity contribution in [2.24, 2.45) is 0 Å². The van der Waals surface area contributed by atoms with E-state index in [-0.39, 0.29) is 18.6 Å². The Labute approximate surface area is 196 Å². The second-order valence-electron chi connectivity index (χ2n) is 7.78. The summed E-state index contributed by atoms with van der Waals surface area (Å²) in [6, 6.07) is 7.15. The molecule has 9 nitrogen and oxygen atoms in total. The summed E-state index contributed by atoms with van der Waals surface area (Å²) in [7, 11) is 4.83. The van der Waals surface area contributed by atoms with Crippen molar-refractivity contribution in [2.45, 2.75) is 51.5 Å². The number of rotatable bonds is 11. The number of imide groups is 1. The summed E-state index contributed by atoms with van der Waals surface area (Å²) < 4.78 is 23.4. The van der Waals surface area contributed by atoms with E-state index in [4.69, 9.17) is 18.9 Å². The molecule has 1 fully saturated rings. The molecule has 1 saturated heterocycles. The highest BCUT2D eigenvalue weighted by atomic mass is 16.5. The molecule has 1 heterocycles. The molecule has 2 rings (SSSR count). The Morgan fingerprint density at radius 3 is 2.58 bits per heavy atom. The zero-order chi connectivity index (χ0) is 24.2. The van der Waals surface area contributed by atoms with Gasteiger partial charge in [-0.05, 0) is 18.9 Å². The van der Waals surface area contributed by atoms with E-state index in [9.17, 15) is 9.59 Å². The third-order valence-corrected chi connectivity index (χ3v) is 5.55. The van der Waals surface area contributed by atoms with Crippen LogP contribution in [-0.2, 0) is 19.0 Å². The van der Waals surface area contributed by atoms with Crippen molar-refractivity contribution in [1.82, 2.24) is 15.1 Å². The number of carbonyl (C=O) groups excluding carboxylic acids is 2. The van der Waals surface area contributed by atoms with Gasteiger partial charge in [0.05, 0.1) is 19.8 Å². The smallest absolute Gasteiger partial charge is 0.329 e. The molecule has 3 amide bonds. The van der Waals surface area contributed by atoms with E-state index >= 15 is 0 Å². The monoisotopic (exact) mass is 463 g/mol. The lowest BCUT2D eigenvalue weighted by molar-refractivity contribution is -0.127. The van der Waals surface area contributed by atoms with Crippen LogP contribution in [0, 0.1) is 0 Å². The van der Waals surface area contributed by atoms with Crippen LogP contribution in [0.2, 0.25) is 0 Å². The molecule has 0 bridgehead atoms. The minimum atomic E-state index is -0.598. The van der Waals surface area contributed by atoms with E-state index in [1.165, 1.54) is 25.1 Å². The van der Waals surface area contributed by atoms with Crippen LogP contribution in [0.1, 0.15) is 44.8 Å². The summed E-state index contributed by atoms with van der Waals surface area (Å²) in [4.78, 5) is 27.9. The van der Waals surface area contributed by atoms with Crippen LogP contribution in [0.5, 0.6) is 5.75 Å². The average molecular weight is 464 g/mol. The van der Waals surface area contributed by atoms with Crippen LogP contribution in [-0.4, -0.2) is 75.0 Å². The Kier molecular flexibility index (Phi) is 11.0. The van der Waals surface area contributed by atoms with Gasteiger partial charge < -0.3 is 24.3 Å². The normalized spacial score (nSPS) is 16.2. The Bertz CT molecular complexity index is 781. The van der Waals surface area contributed by atoms with Gasteiger partial charge in [0.15, 0.2) is 6.23 Å². The van der Waals surface area contributed by atoms with Crippen LogP contribution < -0.4 is 10.1 Å². The van der Waals surface area contributed by atoms with Crippen molar-refractivity contribution in [3.63, 3.8) is 0 Å². The van der Waals surface area contributed by atoms with Gasteiger partial charge in [-0.25, -0.2) is 4.79 Å². The van der Waals surface area contributed by atoms with Crippen molar-refractivity contribution < 1.29 is 28.5 Å². The van der Waals surface area contributed by atoms with Gasteiger partial charge in [0.2, 0.25) is 5.91 Å². The maximum atomic E-state index is 13.3. The largest absolute Gasteiger partial charge is 0.496 e. The molecule has 0 spiro atoms. The van der Waals surface area contributed by atoms with Gasteiger partial charge in [0.1, 0.15) is 18.1 Å². The lowest BCUT2D eigenvalue weighted by Gasteiger charge is -2.37. The van der Waals surface area contributed by atoms with Crippen LogP contribution in [0.15, 0.2) is 36.7 Å². The maximum absolute atomic E-state index is 13.3. The first-order valence-electron chi connectivity index (χ1n) is 11.3. The topological polar surface area (TPSA) is 89.6 Å². The molecule has 1 unspecified atom stereocenters. The summed E-state index contributed by atoms with van der Waals surface area (Å²) in [6.45, 7) is 4.72. The molecule has 1 aliphatic rings. The predicted molar refractivity (Wildman–Crippen MR) is 125 cm³/mol. The number of methoxy groups -OCH3 is 1. The van der Waals surface area contributed by atoms with E-state index in [0.29, 0.717) is 25.4 Å². The number of para-hydroxylation sites is 1. The number of nitrogens with one attached hydrogen (secondary N) is 1. The summed E-state index contributed by atoms with van der Waals surface area (Å²) in [5.74, 6) is 0.315. The third kappa shape index (κ3) is 7.64. The first kappa shape index (κ1) is 26.5. The Hall–Kier alpha value is -2.78. The van der Waals surface area contributed by atoms with Gasteiger partial charge in [-0.1, -0.05) is 25.1 Å². The summed E-state index contributed by atoms with van der Waals surface area (Å²) >= 11 is 0. The molecule has 33 heavy (non-hydrogen) atoms. The van der Waals surface area contributed by atoms with Gasteiger partial charge in [-0.15, -0.1) is 0 Å². The fourth-order valence-electron chi connectivity index (χ4n) is 3.60. The van der Waals surface area contributed by atoms with Crippen molar-refractivity contribution in [3.05, 3.63) is 42.3 Å². The SMILES string of the molecule is CCC(O/C=C\NC)N(C[C@H](OC1CCOCC1)c1ccccc1OC)C(=O)N(C)C(C)=O. The number of urea groups is 1. The zero-order valence-electron chi connectivity index (χ0n) is 20.3. The first-order chi connectivity index (χ1) is 15.9. The lowest BCUT2D eigenvalue weighted by atomic mass is 10.1. The number of nitrogens with zero attached hydrogens (tertiary/aromatic N) is 2. The van der Waals surface area contributed by atoms with Crippen molar-refractivity contribution >= 4 is 11.9 Å². The Balaban J connectivity index is 2.41. The lowest BCUT2D eigenvalue weighted by Crippen LogP contribution is -2.50. The summed E-state index contributed by atoms with van der Waals surface area (Å²) in [5, 5.41) is 2.87. The minimum Gasteiger partial charge on any atom is -0.496 e. The van der Waals surface area contributed by atoms with Crippen LogP contribution in [0.25, 0.3) is 0 Å². The van der Waals surface area contributed by atoms with Crippen molar-refractivity contribution in [2.75, 3.05) is 41.0 Å². The Morgan fingerprint density at radius 1 is 1.27 bits per heavy atom. The molecular formula is C24H37N3O6. The molecule has 2 atom stereocenters. The van der Waals surface area contributed by atoms with Crippen molar-refractivity contribution in [1.29, 1.82) is 0 Å². The van der Waals surface area contributed by atoms with E-state index in [0.717, 1.165) is 23.3 Å². The van der Waals surface area contributed by atoms with E-state index < -0.39 is 18.4 Å². The highest BCUT2D eigenvalue weighted by Gasteiger charge is 2.33. The summed E-state index contributed by atoms with van der Waals surface area (Å²) in [6.07, 6.45) is 4.09. The molecule has 0 aliphatic carbocycles. The standard InChI is InChI=1S/C24H37N3O6/c1-6-23(32-16-13-25-3)27(24(29)26(4)18(2)28)17-22(33-19-11-14-31-15-12-19)20-9-7-8-10-21(20)30-5/h7-10,13,16,19,22-23,25H,6,11-12,14-15,17H2,1-5H3/b16-13-/t22-,23?/m0/s1. The molecule has 1 aliphatic heterocycles. The quantitative estimate of drug-likeness (QED) is 0.398. The number of carbonyl (C=O) groups is 2. The van der Waals surface area contributed by atoms with E-state index in [1.807, 2.05) is 31.2 Å². The molecule has 1 aromatic carbocycles. The second kappa shape index (κ2) is 13.7. The van der Waals surface area contributed by atoms with Gasteiger partial charge in [0, 0.05) is 52.4 Å². The van der Waals surface area contributed by atoms with Crippen LogP contribution >= 0.6 is 0 Å². The van der Waals surface area contributed by atoms with E-state index in [2.05, 4.69) is 5.32 Å². The molecule has 184 valence electrons. The van der Waals surface area contributed by atoms with Gasteiger partial charge in [0.25, 0.3) is 0 Å². The van der Waals surface area contributed by atoms with Crippen LogP contribution in [0.3, 0.4) is 0 Å². The number of benzene rings is 1. The molecule has 0 radical (unpaired) electrons.